The molecule has 0 radical (unpaired) electrons. The van der Waals surface area contributed by atoms with E-state index in [1.807, 2.05) is 6.07 Å². The number of nitrogens with one attached hydrogen (secondary N) is 1. The lowest BCUT2D eigenvalue weighted by molar-refractivity contribution is -0.134. The maximum Gasteiger partial charge on any atom is 0.325 e. The number of benzene rings is 1. The van der Waals surface area contributed by atoms with E-state index in [1.165, 1.54) is 6.92 Å². The van der Waals surface area contributed by atoms with Crippen molar-refractivity contribution in [1.82, 2.24) is 10.2 Å². The number of urea groups is 1. The zero-order chi connectivity index (χ0) is 13.3. The van der Waals surface area contributed by atoms with Gasteiger partial charge in [-0.05, 0) is 12.5 Å². The number of hydrogen-bond donors (Lipinski definition) is 2. The van der Waals surface area contributed by atoms with Crippen LogP contribution in [0.25, 0.3) is 0 Å². The minimum Gasteiger partial charge on any atom is -0.368 e. The predicted octanol–water partition coefficient (Wildman–Crippen LogP) is 0.153. The van der Waals surface area contributed by atoms with Crippen LogP contribution in [0.3, 0.4) is 0 Å². The third-order valence-corrected chi connectivity index (χ3v) is 2.90. The van der Waals surface area contributed by atoms with E-state index in [4.69, 9.17) is 5.73 Å². The molecule has 94 valence electrons. The minimum absolute atomic E-state index is 0.461. The van der Waals surface area contributed by atoms with E-state index >= 15 is 0 Å². The van der Waals surface area contributed by atoms with Crippen LogP contribution in [0.15, 0.2) is 30.3 Å². The summed E-state index contributed by atoms with van der Waals surface area (Å²) in [7, 11) is 0. The summed E-state index contributed by atoms with van der Waals surface area (Å²) in [4.78, 5) is 35.7. The van der Waals surface area contributed by atoms with Crippen molar-refractivity contribution in [2.24, 2.45) is 5.73 Å². The van der Waals surface area contributed by atoms with Crippen molar-refractivity contribution in [2.45, 2.75) is 19.0 Å². The van der Waals surface area contributed by atoms with Crippen LogP contribution in [-0.2, 0) is 9.59 Å². The molecule has 0 saturated carbocycles. The Morgan fingerprint density at radius 1 is 1.33 bits per heavy atom. The molecule has 1 aromatic carbocycles. The number of primary amides is 1. The number of carbonyl (C=O) groups is 3. The van der Waals surface area contributed by atoms with Gasteiger partial charge >= 0.3 is 6.03 Å². The van der Waals surface area contributed by atoms with Gasteiger partial charge in [-0.2, -0.15) is 0 Å². The van der Waals surface area contributed by atoms with E-state index in [2.05, 4.69) is 5.32 Å². The van der Waals surface area contributed by atoms with Gasteiger partial charge in [-0.25, -0.2) is 9.69 Å². The first-order valence-corrected chi connectivity index (χ1v) is 5.50. The Labute approximate surface area is 104 Å². The van der Waals surface area contributed by atoms with Crippen LogP contribution >= 0.6 is 0 Å². The lowest BCUT2D eigenvalue weighted by Gasteiger charge is -2.18. The monoisotopic (exact) mass is 247 g/mol. The van der Waals surface area contributed by atoms with Gasteiger partial charge < -0.3 is 11.1 Å². The van der Waals surface area contributed by atoms with Crippen molar-refractivity contribution in [3.8, 4) is 0 Å². The summed E-state index contributed by atoms with van der Waals surface area (Å²) in [5.74, 6) is -1.18. The number of rotatable bonds is 3. The molecule has 6 nitrogen and oxygen atoms in total. The summed E-state index contributed by atoms with van der Waals surface area (Å²) in [5.41, 5.74) is 5.79. The first kappa shape index (κ1) is 12.1. The lowest BCUT2D eigenvalue weighted by atomic mass is 10.1. The van der Waals surface area contributed by atoms with Crippen molar-refractivity contribution in [3.63, 3.8) is 0 Å². The highest BCUT2D eigenvalue weighted by Gasteiger charge is 2.42. The van der Waals surface area contributed by atoms with Crippen molar-refractivity contribution in [2.75, 3.05) is 0 Å². The Balaban J connectivity index is 2.27. The third-order valence-electron chi connectivity index (χ3n) is 2.90. The van der Waals surface area contributed by atoms with E-state index in [9.17, 15) is 14.4 Å². The summed E-state index contributed by atoms with van der Waals surface area (Å²) in [6, 6.07) is 6.54. The summed E-state index contributed by atoms with van der Waals surface area (Å²) >= 11 is 0. The van der Waals surface area contributed by atoms with E-state index in [0.717, 1.165) is 4.90 Å². The highest BCUT2D eigenvalue weighted by molar-refractivity contribution is 6.07. The Bertz CT molecular complexity index is 501. The Kier molecular flexibility index (Phi) is 3.01. The summed E-state index contributed by atoms with van der Waals surface area (Å²) in [5, 5.41) is 2.54. The average Bonchev–Trinajstić information content (AvgIpc) is 2.65. The average molecular weight is 247 g/mol. The van der Waals surface area contributed by atoms with Crippen LogP contribution in [0.4, 0.5) is 4.79 Å². The standard InChI is InChI=1S/C12H13N3O3/c1-7(10(13)16)15-11(17)9(14-12(15)18)8-5-3-2-4-6-8/h2-7,9H,1H3,(H2,13,16)(H,14,18). The molecule has 1 aliphatic heterocycles. The Hall–Kier alpha value is -2.37. The topological polar surface area (TPSA) is 92.5 Å². The number of hydrogen-bond acceptors (Lipinski definition) is 3. The first-order valence-electron chi connectivity index (χ1n) is 5.50. The van der Waals surface area contributed by atoms with Gasteiger partial charge in [0.25, 0.3) is 5.91 Å². The minimum atomic E-state index is -0.953. The quantitative estimate of drug-likeness (QED) is 0.745. The van der Waals surface area contributed by atoms with Gasteiger partial charge in [-0.3, -0.25) is 9.59 Å². The second kappa shape index (κ2) is 4.48. The maximum atomic E-state index is 12.1. The van der Waals surface area contributed by atoms with Crippen molar-refractivity contribution < 1.29 is 14.4 Å². The number of carbonyl (C=O) groups excluding carboxylic acids is 3. The summed E-state index contributed by atoms with van der Waals surface area (Å²) < 4.78 is 0. The molecule has 6 heteroatoms. The molecule has 4 amide bonds. The van der Waals surface area contributed by atoms with Gasteiger partial charge in [0.1, 0.15) is 12.1 Å². The molecule has 2 unspecified atom stereocenters. The van der Waals surface area contributed by atoms with Gasteiger partial charge in [-0.15, -0.1) is 0 Å². The van der Waals surface area contributed by atoms with E-state index in [0.29, 0.717) is 5.56 Å². The van der Waals surface area contributed by atoms with E-state index < -0.39 is 29.9 Å². The lowest BCUT2D eigenvalue weighted by Crippen LogP contribution is -2.46. The highest BCUT2D eigenvalue weighted by Crippen LogP contribution is 2.23. The molecule has 0 spiro atoms. The van der Waals surface area contributed by atoms with Crippen molar-refractivity contribution in [3.05, 3.63) is 35.9 Å². The highest BCUT2D eigenvalue weighted by atomic mass is 16.2. The van der Waals surface area contributed by atoms with Gasteiger partial charge in [0.15, 0.2) is 0 Å². The number of nitrogens with two attached hydrogens (primary N) is 1. The van der Waals surface area contributed by atoms with Gasteiger partial charge in [0.2, 0.25) is 5.91 Å². The molecular formula is C12H13N3O3. The van der Waals surface area contributed by atoms with Crippen LogP contribution in [0.5, 0.6) is 0 Å². The SMILES string of the molecule is CC(C(N)=O)N1C(=O)NC(c2ccccc2)C1=O. The molecule has 2 atom stereocenters. The molecule has 0 aromatic heterocycles. The molecule has 2 rings (SSSR count). The Morgan fingerprint density at radius 2 is 1.94 bits per heavy atom. The maximum absolute atomic E-state index is 12.1. The summed E-state index contributed by atoms with van der Waals surface area (Å²) in [6.45, 7) is 1.42. The second-order valence-electron chi connectivity index (χ2n) is 4.08. The zero-order valence-corrected chi connectivity index (χ0v) is 9.79. The van der Waals surface area contributed by atoms with Crippen LogP contribution in [0.2, 0.25) is 0 Å². The van der Waals surface area contributed by atoms with Gasteiger partial charge in [-0.1, -0.05) is 30.3 Å². The number of nitrogens with zero attached hydrogens (tertiary/aromatic N) is 1. The van der Waals surface area contributed by atoms with Crippen molar-refractivity contribution >= 4 is 17.8 Å². The zero-order valence-electron chi connectivity index (χ0n) is 9.79. The molecule has 3 N–H and O–H groups in total. The van der Waals surface area contributed by atoms with E-state index in [1.54, 1.807) is 24.3 Å². The first-order chi connectivity index (χ1) is 8.52. The molecule has 1 heterocycles. The molecule has 0 bridgehead atoms. The molecule has 1 aliphatic rings. The van der Waals surface area contributed by atoms with Crippen molar-refractivity contribution in [1.29, 1.82) is 0 Å². The molecule has 1 aromatic rings. The molecule has 0 aliphatic carbocycles. The third kappa shape index (κ3) is 1.92. The fourth-order valence-corrected chi connectivity index (χ4v) is 1.86. The predicted molar refractivity (Wildman–Crippen MR) is 63.2 cm³/mol. The fraction of sp³-hybridized carbons (Fsp3) is 0.250. The Morgan fingerprint density at radius 3 is 2.50 bits per heavy atom. The van der Waals surface area contributed by atoms with Crippen LogP contribution < -0.4 is 11.1 Å². The molecule has 1 fully saturated rings. The molecule has 1 saturated heterocycles. The fourth-order valence-electron chi connectivity index (χ4n) is 1.86. The second-order valence-corrected chi connectivity index (χ2v) is 4.08. The normalized spacial score (nSPS) is 20.7. The summed E-state index contributed by atoms with van der Waals surface area (Å²) in [6.07, 6.45) is 0. The smallest absolute Gasteiger partial charge is 0.325 e. The largest absolute Gasteiger partial charge is 0.368 e. The van der Waals surface area contributed by atoms with Gasteiger partial charge in [0.05, 0.1) is 0 Å². The number of imide groups is 1. The van der Waals surface area contributed by atoms with Crippen LogP contribution in [-0.4, -0.2) is 28.8 Å². The van der Waals surface area contributed by atoms with E-state index in [-0.39, 0.29) is 0 Å². The molecule has 18 heavy (non-hydrogen) atoms. The van der Waals surface area contributed by atoms with Crippen LogP contribution in [0.1, 0.15) is 18.5 Å². The molecular weight excluding hydrogens is 234 g/mol. The van der Waals surface area contributed by atoms with Gasteiger partial charge in [0, 0.05) is 0 Å². The van der Waals surface area contributed by atoms with Crippen LogP contribution in [0, 0.1) is 0 Å². The number of amides is 4.